The Morgan fingerprint density at radius 1 is 1.18 bits per heavy atom. The number of carbonyl (C=O) groups is 4. The zero-order valence-corrected chi connectivity index (χ0v) is 15.7. The molecule has 28 heavy (non-hydrogen) atoms. The van der Waals surface area contributed by atoms with Gasteiger partial charge in [-0.2, -0.15) is 0 Å². The molecule has 0 fully saturated rings. The van der Waals surface area contributed by atoms with Gasteiger partial charge in [-0.1, -0.05) is 12.1 Å². The highest BCUT2D eigenvalue weighted by Gasteiger charge is 2.23. The number of hydrogen-bond donors (Lipinski definition) is 3. The molecule has 0 aromatic heterocycles. The number of nitrogens with zero attached hydrogens (tertiary/aromatic N) is 1. The molecule has 152 valence electrons. The molecule has 0 aliphatic rings. The summed E-state index contributed by atoms with van der Waals surface area (Å²) in [4.78, 5) is 56.7. The number of ether oxygens (including phenoxy) is 1. The summed E-state index contributed by atoms with van der Waals surface area (Å²) in [6.07, 6.45) is -1.01. The molecule has 0 aliphatic heterocycles. The van der Waals surface area contributed by atoms with Crippen LogP contribution in [0, 0.1) is 10.1 Å². The molecule has 4 N–H and O–H groups in total. The number of ketones is 1. The van der Waals surface area contributed by atoms with Crippen LogP contribution in [-0.4, -0.2) is 46.8 Å². The first-order chi connectivity index (χ1) is 12.9. The number of nitro groups is 1. The quantitative estimate of drug-likeness (QED) is 0.334. The molecule has 0 bridgehead atoms. The van der Waals surface area contributed by atoms with Gasteiger partial charge in [-0.25, -0.2) is 4.79 Å². The number of non-ortho nitro benzene ring substituents is 1. The first-order valence-corrected chi connectivity index (χ1v) is 8.23. The van der Waals surface area contributed by atoms with E-state index >= 15 is 0 Å². The predicted octanol–water partition coefficient (Wildman–Crippen LogP) is 0.201. The number of rotatable bonds is 7. The summed E-state index contributed by atoms with van der Waals surface area (Å²) in [5.41, 5.74) is 5.38. The van der Waals surface area contributed by atoms with Crippen LogP contribution in [0.4, 0.5) is 10.5 Å². The van der Waals surface area contributed by atoms with Crippen LogP contribution in [-0.2, 0) is 25.5 Å². The van der Waals surface area contributed by atoms with E-state index in [9.17, 15) is 29.3 Å². The van der Waals surface area contributed by atoms with Crippen LogP contribution in [0.3, 0.4) is 0 Å². The molecule has 0 heterocycles. The molecule has 0 saturated heterocycles. The Morgan fingerprint density at radius 2 is 1.75 bits per heavy atom. The van der Waals surface area contributed by atoms with Crippen molar-refractivity contribution in [3.05, 3.63) is 39.9 Å². The number of carbonyl (C=O) groups excluding carboxylic acids is 4. The Balaban J connectivity index is 2.47. The molecule has 0 spiro atoms. The van der Waals surface area contributed by atoms with Crippen molar-refractivity contribution in [2.75, 3.05) is 6.54 Å². The topological polar surface area (TPSA) is 171 Å². The Kier molecular flexibility index (Phi) is 7.75. The number of Topliss-reactive ketones (excluding diaryl/α,β-unsaturated/α-hetero) is 1. The summed E-state index contributed by atoms with van der Waals surface area (Å²) >= 11 is 0. The Bertz CT molecular complexity index is 769. The standard InChI is InChI=1S/C17H22N4O7/c1-17(2,3)28-16(25)20-15(24)13(22)9-19-14(23)12(18)8-10-4-6-11(7-5-10)21(26)27/h4-7,12H,8-9,18H2,1-3H3,(H,19,23)(H,20,24,25)/t12-/m0/s1. The predicted molar refractivity (Wildman–Crippen MR) is 97.2 cm³/mol. The van der Waals surface area contributed by atoms with Crippen molar-refractivity contribution in [3.8, 4) is 0 Å². The van der Waals surface area contributed by atoms with Crippen molar-refractivity contribution in [2.45, 2.75) is 38.8 Å². The zero-order chi connectivity index (χ0) is 21.5. The number of amides is 3. The molecule has 0 unspecified atom stereocenters. The fourth-order valence-electron chi connectivity index (χ4n) is 1.95. The van der Waals surface area contributed by atoms with E-state index in [1.165, 1.54) is 24.3 Å². The van der Waals surface area contributed by atoms with Gasteiger partial charge >= 0.3 is 6.09 Å². The summed E-state index contributed by atoms with van der Waals surface area (Å²) in [5.74, 6) is -2.97. The first kappa shape index (κ1) is 22.7. The smallest absolute Gasteiger partial charge is 0.414 e. The van der Waals surface area contributed by atoms with Crippen molar-refractivity contribution >= 4 is 29.4 Å². The lowest BCUT2D eigenvalue weighted by atomic mass is 10.1. The molecule has 0 saturated carbocycles. The van der Waals surface area contributed by atoms with Crippen LogP contribution in [0.25, 0.3) is 0 Å². The fraction of sp³-hybridized carbons (Fsp3) is 0.412. The number of nitro benzene ring substituents is 1. The van der Waals surface area contributed by atoms with E-state index in [1.807, 2.05) is 0 Å². The molecule has 0 radical (unpaired) electrons. The Morgan fingerprint density at radius 3 is 2.25 bits per heavy atom. The number of alkyl carbamates (subject to hydrolysis) is 1. The average molecular weight is 394 g/mol. The van der Waals surface area contributed by atoms with Crippen LogP contribution in [0.5, 0.6) is 0 Å². The minimum absolute atomic E-state index is 0.0716. The van der Waals surface area contributed by atoms with E-state index in [1.54, 1.807) is 26.1 Å². The maximum atomic E-state index is 11.9. The van der Waals surface area contributed by atoms with Gasteiger partial charge in [0.15, 0.2) is 0 Å². The summed E-state index contributed by atoms with van der Waals surface area (Å²) in [7, 11) is 0. The Hall–Kier alpha value is -3.34. The lowest BCUT2D eigenvalue weighted by Crippen LogP contribution is -2.47. The van der Waals surface area contributed by atoms with E-state index in [0.29, 0.717) is 5.56 Å². The number of benzene rings is 1. The van der Waals surface area contributed by atoms with E-state index in [2.05, 4.69) is 5.32 Å². The van der Waals surface area contributed by atoms with Crippen LogP contribution >= 0.6 is 0 Å². The van der Waals surface area contributed by atoms with Gasteiger partial charge in [-0.05, 0) is 32.8 Å². The molecule has 3 amide bonds. The lowest BCUT2D eigenvalue weighted by molar-refractivity contribution is -0.384. The zero-order valence-electron chi connectivity index (χ0n) is 15.7. The minimum atomic E-state index is -1.22. The summed E-state index contributed by atoms with van der Waals surface area (Å²) in [5, 5.41) is 14.6. The SMILES string of the molecule is CC(C)(C)OC(=O)NC(=O)C(=O)CNC(=O)[C@@H](N)Cc1ccc([N+](=O)[O-])cc1. The molecule has 1 aromatic rings. The maximum absolute atomic E-state index is 11.9. The lowest BCUT2D eigenvalue weighted by Gasteiger charge is -2.19. The molecule has 11 heteroatoms. The van der Waals surface area contributed by atoms with Crippen LogP contribution in [0.2, 0.25) is 0 Å². The third-order valence-corrected chi connectivity index (χ3v) is 3.23. The van der Waals surface area contributed by atoms with Crippen molar-refractivity contribution in [1.82, 2.24) is 10.6 Å². The third-order valence-electron chi connectivity index (χ3n) is 3.23. The molecule has 1 aromatic carbocycles. The van der Waals surface area contributed by atoms with E-state index < -0.39 is 46.8 Å². The van der Waals surface area contributed by atoms with Gasteiger partial charge in [0.2, 0.25) is 11.7 Å². The first-order valence-electron chi connectivity index (χ1n) is 8.23. The second-order valence-corrected chi connectivity index (χ2v) is 6.83. The van der Waals surface area contributed by atoms with Crippen molar-refractivity contribution in [2.24, 2.45) is 5.73 Å². The normalized spacial score (nSPS) is 11.9. The van der Waals surface area contributed by atoms with Gasteiger partial charge < -0.3 is 15.8 Å². The molecule has 1 atom stereocenters. The van der Waals surface area contributed by atoms with Gasteiger partial charge in [-0.3, -0.25) is 29.8 Å². The summed E-state index contributed by atoms with van der Waals surface area (Å²) in [6.45, 7) is 4.11. The monoisotopic (exact) mass is 394 g/mol. The largest absolute Gasteiger partial charge is 0.444 e. The fourth-order valence-corrected chi connectivity index (χ4v) is 1.95. The average Bonchev–Trinajstić information content (AvgIpc) is 2.57. The van der Waals surface area contributed by atoms with Crippen LogP contribution in [0.15, 0.2) is 24.3 Å². The molecule has 11 nitrogen and oxygen atoms in total. The van der Waals surface area contributed by atoms with E-state index in [-0.39, 0.29) is 12.1 Å². The molecular weight excluding hydrogens is 372 g/mol. The Labute approximate surface area is 160 Å². The van der Waals surface area contributed by atoms with Gasteiger partial charge in [0.1, 0.15) is 5.60 Å². The van der Waals surface area contributed by atoms with E-state index in [0.717, 1.165) is 0 Å². The van der Waals surface area contributed by atoms with E-state index in [4.69, 9.17) is 10.5 Å². The number of nitrogens with two attached hydrogens (primary N) is 1. The maximum Gasteiger partial charge on any atom is 0.414 e. The van der Waals surface area contributed by atoms with Gasteiger partial charge in [0.05, 0.1) is 17.5 Å². The number of imide groups is 1. The van der Waals surface area contributed by atoms with Gasteiger partial charge in [0, 0.05) is 12.1 Å². The highest BCUT2D eigenvalue weighted by atomic mass is 16.6. The second kappa shape index (κ2) is 9.55. The molecule has 1 rings (SSSR count). The summed E-state index contributed by atoms with van der Waals surface area (Å²) in [6, 6.07) is 4.45. The molecule has 0 aliphatic carbocycles. The van der Waals surface area contributed by atoms with Crippen molar-refractivity contribution in [1.29, 1.82) is 0 Å². The summed E-state index contributed by atoms with van der Waals surface area (Å²) < 4.78 is 4.84. The minimum Gasteiger partial charge on any atom is -0.444 e. The second-order valence-electron chi connectivity index (χ2n) is 6.83. The van der Waals surface area contributed by atoms with Crippen molar-refractivity contribution < 1.29 is 28.8 Å². The van der Waals surface area contributed by atoms with Crippen LogP contribution < -0.4 is 16.4 Å². The van der Waals surface area contributed by atoms with Gasteiger partial charge in [-0.15, -0.1) is 0 Å². The van der Waals surface area contributed by atoms with Crippen LogP contribution in [0.1, 0.15) is 26.3 Å². The third kappa shape index (κ3) is 7.91. The van der Waals surface area contributed by atoms with Crippen molar-refractivity contribution in [3.63, 3.8) is 0 Å². The number of nitrogens with one attached hydrogen (secondary N) is 2. The highest BCUT2D eigenvalue weighted by Crippen LogP contribution is 2.12. The molecular formula is C17H22N4O7. The number of hydrogen-bond acceptors (Lipinski definition) is 8. The highest BCUT2D eigenvalue weighted by molar-refractivity contribution is 6.39. The van der Waals surface area contributed by atoms with Gasteiger partial charge in [0.25, 0.3) is 11.6 Å².